The highest BCUT2D eigenvalue weighted by Crippen LogP contribution is 2.25. The van der Waals surface area contributed by atoms with Gasteiger partial charge >= 0.3 is 0 Å². The van der Waals surface area contributed by atoms with E-state index in [1.807, 2.05) is 12.1 Å². The monoisotopic (exact) mass is 289 g/mol. The van der Waals surface area contributed by atoms with Gasteiger partial charge < -0.3 is 14.8 Å². The molecule has 0 fully saturated rings. The summed E-state index contributed by atoms with van der Waals surface area (Å²) in [4.78, 5) is 1.25. The Balaban J connectivity index is 2.53. The van der Waals surface area contributed by atoms with E-state index in [1.165, 1.54) is 10.5 Å². The van der Waals surface area contributed by atoms with Crippen molar-refractivity contribution in [3.05, 3.63) is 28.8 Å². The molecule has 0 aliphatic heterocycles. The number of thioether (sulfide) groups is 1. The van der Waals surface area contributed by atoms with E-state index in [2.05, 4.69) is 11.4 Å². The molecule has 0 saturated heterocycles. The van der Waals surface area contributed by atoms with Gasteiger partial charge in [-0.1, -0.05) is 11.6 Å². The van der Waals surface area contributed by atoms with Gasteiger partial charge in [-0.3, -0.25) is 0 Å². The predicted molar refractivity (Wildman–Crippen MR) is 77.6 cm³/mol. The third-order valence-corrected chi connectivity index (χ3v) is 3.68. The van der Waals surface area contributed by atoms with Crippen molar-refractivity contribution >= 4 is 23.4 Å². The fourth-order valence-electron chi connectivity index (χ4n) is 1.46. The first-order valence-electron chi connectivity index (χ1n) is 5.87. The number of ether oxygens (including phenoxy) is 2. The van der Waals surface area contributed by atoms with Crippen molar-refractivity contribution in [2.45, 2.75) is 11.4 Å². The van der Waals surface area contributed by atoms with Crippen LogP contribution in [0.4, 0.5) is 0 Å². The van der Waals surface area contributed by atoms with Gasteiger partial charge in [-0.15, -0.1) is 11.8 Å². The van der Waals surface area contributed by atoms with Crippen LogP contribution in [0.5, 0.6) is 0 Å². The van der Waals surface area contributed by atoms with Gasteiger partial charge in [0.15, 0.2) is 0 Å². The molecule has 1 aromatic carbocycles. The van der Waals surface area contributed by atoms with Crippen LogP contribution < -0.4 is 5.32 Å². The lowest BCUT2D eigenvalue weighted by Gasteiger charge is -2.10. The highest BCUT2D eigenvalue weighted by Gasteiger charge is 2.04. The number of nitrogens with one attached hydrogen (secondary N) is 1. The summed E-state index contributed by atoms with van der Waals surface area (Å²) in [7, 11) is 3.42. The van der Waals surface area contributed by atoms with E-state index >= 15 is 0 Å². The van der Waals surface area contributed by atoms with Gasteiger partial charge in [0.05, 0.1) is 13.2 Å². The first kappa shape index (κ1) is 15.8. The molecule has 0 heterocycles. The molecule has 102 valence electrons. The largest absolute Gasteiger partial charge is 0.384 e. The maximum Gasteiger partial charge on any atom is 0.0587 e. The first-order chi connectivity index (χ1) is 8.77. The van der Waals surface area contributed by atoms with Crippen molar-refractivity contribution in [1.82, 2.24) is 5.32 Å². The molecule has 18 heavy (non-hydrogen) atoms. The van der Waals surface area contributed by atoms with Crippen molar-refractivity contribution in [3.63, 3.8) is 0 Å². The molecule has 0 unspecified atom stereocenters. The van der Waals surface area contributed by atoms with Crippen molar-refractivity contribution in [2.75, 3.05) is 39.7 Å². The van der Waals surface area contributed by atoms with E-state index in [0.717, 1.165) is 30.5 Å². The Bertz CT molecular complexity index is 350. The molecule has 1 aromatic rings. The molecule has 3 nitrogen and oxygen atoms in total. The Kier molecular flexibility index (Phi) is 8.46. The zero-order valence-electron chi connectivity index (χ0n) is 10.9. The molecule has 0 atom stereocenters. The van der Waals surface area contributed by atoms with Gasteiger partial charge in [0.2, 0.25) is 0 Å². The fourth-order valence-corrected chi connectivity index (χ4v) is 2.60. The van der Waals surface area contributed by atoms with Crippen molar-refractivity contribution in [3.8, 4) is 0 Å². The maximum absolute atomic E-state index is 6.03. The number of hydrogen-bond donors (Lipinski definition) is 1. The molecular formula is C13H20ClNO2S. The van der Waals surface area contributed by atoms with E-state index in [1.54, 1.807) is 26.0 Å². The van der Waals surface area contributed by atoms with E-state index in [-0.39, 0.29) is 0 Å². The van der Waals surface area contributed by atoms with Crippen molar-refractivity contribution in [2.24, 2.45) is 0 Å². The summed E-state index contributed by atoms with van der Waals surface area (Å²) in [6.07, 6.45) is 0. The number of methoxy groups -OCH3 is 2. The molecular weight excluding hydrogens is 270 g/mol. The summed E-state index contributed by atoms with van der Waals surface area (Å²) in [5.41, 5.74) is 1.22. The summed E-state index contributed by atoms with van der Waals surface area (Å²) in [5.74, 6) is 0.948. The van der Waals surface area contributed by atoms with Gasteiger partial charge in [-0.2, -0.15) is 0 Å². The Morgan fingerprint density at radius 3 is 2.72 bits per heavy atom. The van der Waals surface area contributed by atoms with Gasteiger partial charge in [-0.05, 0) is 23.8 Å². The summed E-state index contributed by atoms with van der Waals surface area (Å²) < 4.78 is 10.1. The quantitative estimate of drug-likeness (QED) is 0.559. The molecule has 0 aliphatic rings. The molecule has 0 aliphatic carbocycles. The molecule has 0 saturated carbocycles. The van der Waals surface area contributed by atoms with Crippen LogP contribution in [0, 0.1) is 0 Å². The predicted octanol–water partition coefficient (Wildman–Crippen LogP) is 2.81. The second-order valence-electron chi connectivity index (χ2n) is 3.76. The molecule has 0 amide bonds. The summed E-state index contributed by atoms with van der Waals surface area (Å²) >= 11 is 7.82. The minimum Gasteiger partial charge on any atom is -0.384 e. The molecule has 0 bridgehead atoms. The normalized spacial score (nSPS) is 10.8. The maximum atomic E-state index is 6.03. The lowest BCUT2D eigenvalue weighted by Crippen LogP contribution is -2.19. The molecule has 5 heteroatoms. The van der Waals surface area contributed by atoms with Crippen LogP contribution in [0.3, 0.4) is 0 Å². The smallest absolute Gasteiger partial charge is 0.0587 e. The Labute approximate surface area is 118 Å². The van der Waals surface area contributed by atoms with Crippen LogP contribution in [0.1, 0.15) is 5.56 Å². The highest BCUT2D eigenvalue weighted by molar-refractivity contribution is 7.99. The Morgan fingerprint density at radius 2 is 2.00 bits per heavy atom. The molecule has 0 spiro atoms. The van der Waals surface area contributed by atoms with Crippen LogP contribution in [0.25, 0.3) is 0 Å². The fraction of sp³-hybridized carbons (Fsp3) is 0.538. The minimum absolute atomic E-state index is 0.715. The average Bonchev–Trinajstić information content (AvgIpc) is 2.37. The third-order valence-electron chi connectivity index (χ3n) is 2.37. The average molecular weight is 290 g/mol. The van der Waals surface area contributed by atoms with Gasteiger partial charge in [0.25, 0.3) is 0 Å². The van der Waals surface area contributed by atoms with Crippen LogP contribution in [0.15, 0.2) is 23.1 Å². The van der Waals surface area contributed by atoms with Crippen LogP contribution in [-0.2, 0) is 16.0 Å². The molecule has 0 aromatic heterocycles. The number of halogens is 1. The second kappa shape index (κ2) is 9.64. The first-order valence-corrected chi connectivity index (χ1v) is 7.24. The number of benzene rings is 1. The number of rotatable bonds is 9. The van der Waals surface area contributed by atoms with Crippen molar-refractivity contribution < 1.29 is 9.47 Å². The molecule has 1 rings (SSSR count). The van der Waals surface area contributed by atoms with E-state index < -0.39 is 0 Å². The van der Waals surface area contributed by atoms with Gasteiger partial charge in [0.1, 0.15) is 0 Å². The van der Waals surface area contributed by atoms with E-state index in [4.69, 9.17) is 21.1 Å². The van der Waals surface area contributed by atoms with Crippen molar-refractivity contribution in [1.29, 1.82) is 0 Å². The van der Waals surface area contributed by atoms with Crippen LogP contribution in [0.2, 0.25) is 5.02 Å². The SMILES string of the molecule is COCCNCc1cc(Cl)ccc1SCCOC. The van der Waals surface area contributed by atoms with Crippen LogP contribution in [-0.4, -0.2) is 39.7 Å². The number of hydrogen-bond acceptors (Lipinski definition) is 4. The zero-order chi connectivity index (χ0) is 13.2. The standard InChI is InChI=1S/C13H20ClNO2S/c1-16-6-5-15-10-11-9-12(14)3-4-13(11)18-8-7-17-2/h3-4,9,15H,5-8,10H2,1-2H3. The van der Waals surface area contributed by atoms with E-state index in [0.29, 0.717) is 6.61 Å². The van der Waals surface area contributed by atoms with Gasteiger partial charge in [-0.25, -0.2) is 0 Å². The molecule has 0 radical (unpaired) electrons. The Hall–Kier alpha value is -0.260. The highest BCUT2D eigenvalue weighted by atomic mass is 35.5. The molecule has 1 N–H and O–H groups in total. The Morgan fingerprint density at radius 1 is 1.22 bits per heavy atom. The zero-order valence-corrected chi connectivity index (χ0v) is 12.4. The lowest BCUT2D eigenvalue weighted by molar-refractivity contribution is 0.199. The third kappa shape index (κ3) is 6.07. The minimum atomic E-state index is 0.715. The summed E-state index contributed by atoms with van der Waals surface area (Å²) in [5, 5.41) is 4.11. The second-order valence-corrected chi connectivity index (χ2v) is 5.34. The van der Waals surface area contributed by atoms with E-state index in [9.17, 15) is 0 Å². The topological polar surface area (TPSA) is 30.5 Å². The van der Waals surface area contributed by atoms with Gasteiger partial charge in [0, 0.05) is 43.0 Å². The summed E-state index contributed by atoms with van der Waals surface area (Å²) in [6.45, 7) is 3.11. The summed E-state index contributed by atoms with van der Waals surface area (Å²) in [6, 6.07) is 6.00. The lowest BCUT2D eigenvalue weighted by atomic mass is 10.2. The van der Waals surface area contributed by atoms with Crippen LogP contribution >= 0.6 is 23.4 Å².